The van der Waals surface area contributed by atoms with E-state index in [0.717, 1.165) is 36.4 Å². The van der Waals surface area contributed by atoms with Gasteiger partial charge in [-0.25, -0.2) is 0 Å². The Bertz CT molecular complexity index is 698. The van der Waals surface area contributed by atoms with Crippen molar-refractivity contribution in [2.24, 2.45) is 0 Å². The van der Waals surface area contributed by atoms with Crippen molar-refractivity contribution in [1.82, 2.24) is 5.32 Å². The predicted molar refractivity (Wildman–Crippen MR) is 91.5 cm³/mol. The van der Waals surface area contributed by atoms with Crippen molar-refractivity contribution in [3.63, 3.8) is 0 Å². The van der Waals surface area contributed by atoms with E-state index in [-0.39, 0.29) is 12.1 Å². The molecule has 1 amide bonds. The maximum Gasteiger partial charge on any atom is 0.255 e. The van der Waals surface area contributed by atoms with E-state index < -0.39 is 0 Å². The van der Waals surface area contributed by atoms with E-state index in [1.807, 2.05) is 30.3 Å². The lowest BCUT2D eigenvalue weighted by molar-refractivity contribution is 0.0935. The highest BCUT2D eigenvalue weighted by Crippen LogP contribution is 2.28. The van der Waals surface area contributed by atoms with Gasteiger partial charge in [-0.3, -0.25) is 4.79 Å². The van der Waals surface area contributed by atoms with Crippen LogP contribution >= 0.6 is 0 Å². The summed E-state index contributed by atoms with van der Waals surface area (Å²) in [7, 11) is 0. The van der Waals surface area contributed by atoms with Crippen LogP contribution in [0.3, 0.4) is 0 Å². The van der Waals surface area contributed by atoms with Crippen LogP contribution in [0.4, 0.5) is 11.4 Å². The molecule has 2 aromatic rings. The molecule has 2 aromatic carbocycles. The Morgan fingerprint density at radius 3 is 2.65 bits per heavy atom. The van der Waals surface area contributed by atoms with Crippen molar-refractivity contribution >= 4 is 17.3 Å². The van der Waals surface area contributed by atoms with Gasteiger partial charge in [0.05, 0.1) is 12.2 Å². The van der Waals surface area contributed by atoms with Gasteiger partial charge < -0.3 is 21.1 Å². The molecule has 0 radical (unpaired) electrons. The van der Waals surface area contributed by atoms with Crippen LogP contribution in [-0.4, -0.2) is 12.5 Å². The lowest BCUT2D eigenvalue weighted by Crippen LogP contribution is -2.38. The molecule has 0 spiro atoms. The third-order valence-corrected chi connectivity index (χ3v) is 3.84. The van der Waals surface area contributed by atoms with E-state index in [9.17, 15) is 4.79 Å². The quantitative estimate of drug-likeness (QED) is 0.585. The summed E-state index contributed by atoms with van der Waals surface area (Å²) in [6, 6.07) is 13.1. The molecule has 0 aliphatic carbocycles. The second kappa shape index (κ2) is 6.60. The summed E-state index contributed by atoms with van der Waals surface area (Å²) in [5.41, 5.74) is 8.65. The molecule has 4 N–H and O–H groups in total. The number of nitrogen functional groups attached to an aromatic ring is 1. The third kappa shape index (κ3) is 3.39. The molecule has 1 atom stereocenters. The van der Waals surface area contributed by atoms with Crippen LogP contribution in [0, 0.1) is 0 Å². The fourth-order valence-corrected chi connectivity index (χ4v) is 2.53. The van der Waals surface area contributed by atoms with Crippen molar-refractivity contribution in [3.05, 3.63) is 53.6 Å². The highest BCUT2D eigenvalue weighted by molar-refractivity contribution is 6.02. The molecule has 1 unspecified atom stereocenters. The zero-order valence-corrected chi connectivity index (χ0v) is 13.1. The first-order chi connectivity index (χ1) is 11.2. The monoisotopic (exact) mass is 311 g/mol. The lowest BCUT2D eigenvalue weighted by Gasteiger charge is -2.28. The van der Waals surface area contributed by atoms with E-state index >= 15 is 0 Å². The molecule has 0 aromatic heterocycles. The van der Waals surface area contributed by atoms with Crippen LogP contribution in [0.5, 0.6) is 5.75 Å². The molecular weight excluding hydrogens is 290 g/mol. The van der Waals surface area contributed by atoms with Gasteiger partial charge in [-0.05, 0) is 42.3 Å². The van der Waals surface area contributed by atoms with E-state index in [2.05, 4.69) is 17.6 Å². The Morgan fingerprint density at radius 2 is 1.91 bits per heavy atom. The first kappa shape index (κ1) is 15.2. The Balaban J connectivity index is 1.73. The number of benzene rings is 2. The third-order valence-electron chi connectivity index (χ3n) is 3.84. The molecule has 3 rings (SSSR count). The number of ether oxygens (including phenoxy) is 1. The minimum Gasteiger partial charge on any atom is -0.494 e. The Hall–Kier alpha value is -2.69. The van der Waals surface area contributed by atoms with E-state index in [0.29, 0.717) is 11.3 Å². The number of anilines is 2. The Morgan fingerprint density at radius 1 is 1.13 bits per heavy atom. The van der Waals surface area contributed by atoms with Crippen molar-refractivity contribution < 1.29 is 9.53 Å². The van der Waals surface area contributed by atoms with Gasteiger partial charge in [0.1, 0.15) is 11.9 Å². The van der Waals surface area contributed by atoms with Crippen molar-refractivity contribution in [1.29, 1.82) is 0 Å². The fraction of sp³-hybridized carbons (Fsp3) is 0.278. The number of amides is 1. The van der Waals surface area contributed by atoms with Crippen LogP contribution in [0.2, 0.25) is 0 Å². The fourth-order valence-electron chi connectivity index (χ4n) is 2.53. The van der Waals surface area contributed by atoms with Gasteiger partial charge >= 0.3 is 0 Å². The topological polar surface area (TPSA) is 76.4 Å². The van der Waals surface area contributed by atoms with E-state index in [1.165, 1.54) is 0 Å². The second-order valence-electron chi connectivity index (χ2n) is 5.63. The number of carbonyl (C=O) groups is 1. The number of nitrogens with two attached hydrogens (primary N) is 1. The van der Waals surface area contributed by atoms with Gasteiger partial charge in [0, 0.05) is 11.4 Å². The van der Waals surface area contributed by atoms with Crippen LogP contribution in [0.25, 0.3) is 0 Å². The standard InChI is InChI=1S/C18H21N3O2/c1-2-3-10-23-14-7-4-12(5-8-14)17-20-16-9-6-13(19)11-15(16)18(22)21-17/h4-9,11,17,20H,2-3,10,19H2,1H3,(H,21,22). The largest absolute Gasteiger partial charge is 0.494 e. The molecule has 1 heterocycles. The SMILES string of the molecule is CCCCOc1ccc(C2NC(=O)c3cc(N)ccc3N2)cc1. The lowest BCUT2D eigenvalue weighted by atomic mass is 10.0. The van der Waals surface area contributed by atoms with Crippen molar-refractivity contribution in [2.45, 2.75) is 25.9 Å². The van der Waals surface area contributed by atoms with Gasteiger partial charge in [0.25, 0.3) is 5.91 Å². The summed E-state index contributed by atoms with van der Waals surface area (Å²) < 4.78 is 5.66. The van der Waals surface area contributed by atoms with Crippen molar-refractivity contribution in [3.8, 4) is 5.75 Å². The first-order valence-corrected chi connectivity index (χ1v) is 7.87. The number of hydrogen-bond acceptors (Lipinski definition) is 4. The molecular formula is C18H21N3O2. The molecule has 0 saturated carbocycles. The number of hydrogen-bond donors (Lipinski definition) is 3. The molecule has 0 fully saturated rings. The second-order valence-corrected chi connectivity index (χ2v) is 5.63. The van der Waals surface area contributed by atoms with Crippen LogP contribution in [-0.2, 0) is 0 Å². The first-order valence-electron chi connectivity index (χ1n) is 7.87. The van der Waals surface area contributed by atoms with Gasteiger partial charge in [-0.15, -0.1) is 0 Å². The Kier molecular flexibility index (Phi) is 4.37. The minimum atomic E-state index is -0.261. The summed E-state index contributed by atoms with van der Waals surface area (Å²) >= 11 is 0. The summed E-state index contributed by atoms with van der Waals surface area (Å²) in [5.74, 6) is 0.719. The average Bonchev–Trinajstić information content (AvgIpc) is 2.56. The highest BCUT2D eigenvalue weighted by Gasteiger charge is 2.24. The van der Waals surface area contributed by atoms with Crippen molar-refractivity contribution in [2.75, 3.05) is 17.7 Å². The van der Waals surface area contributed by atoms with Gasteiger partial charge in [0.2, 0.25) is 0 Å². The zero-order valence-electron chi connectivity index (χ0n) is 13.1. The molecule has 1 aliphatic rings. The van der Waals surface area contributed by atoms with Crippen LogP contribution < -0.4 is 21.1 Å². The predicted octanol–water partition coefficient (Wildman–Crippen LogP) is 3.30. The molecule has 5 heteroatoms. The van der Waals surface area contributed by atoms with Gasteiger partial charge in [-0.1, -0.05) is 25.5 Å². The minimum absolute atomic E-state index is 0.126. The van der Waals surface area contributed by atoms with Crippen LogP contribution in [0.1, 0.15) is 41.9 Å². The molecule has 120 valence electrons. The molecule has 0 bridgehead atoms. The maximum absolute atomic E-state index is 12.2. The van der Waals surface area contributed by atoms with Gasteiger partial charge in [-0.2, -0.15) is 0 Å². The molecule has 5 nitrogen and oxygen atoms in total. The normalized spacial score (nSPS) is 16.2. The highest BCUT2D eigenvalue weighted by atomic mass is 16.5. The van der Waals surface area contributed by atoms with Gasteiger partial charge in [0.15, 0.2) is 0 Å². The Labute approximate surface area is 135 Å². The van der Waals surface area contributed by atoms with E-state index in [1.54, 1.807) is 12.1 Å². The zero-order chi connectivity index (χ0) is 16.2. The maximum atomic E-state index is 12.2. The summed E-state index contributed by atoms with van der Waals surface area (Å²) in [6.45, 7) is 2.86. The number of nitrogens with one attached hydrogen (secondary N) is 2. The van der Waals surface area contributed by atoms with E-state index in [4.69, 9.17) is 10.5 Å². The van der Waals surface area contributed by atoms with Crippen LogP contribution in [0.15, 0.2) is 42.5 Å². The summed E-state index contributed by atoms with van der Waals surface area (Å²) in [4.78, 5) is 12.2. The number of unbranched alkanes of at least 4 members (excludes halogenated alkanes) is 1. The molecule has 0 saturated heterocycles. The number of fused-ring (bicyclic) bond motifs is 1. The summed E-state index contributed by atoms with van der Waals surface area (Å²) in [5, 5.41) is 6.26. The molecule has 1 aliphatic heterocycles. The number of carbonyl (C=O) groups excluding carboxylic acids is 1. The smallest absolute Gasteiger partial charge is 0.255 e. The molecule has 23 heavy (non-hydrogen) atoms. The number of rotatable bonds is 5. The average molecular weight is 311 g/mol. The summed E-state index contributed by atoms with van der Waals surface area (Å²) in [6.07, 6.45) is 1.89.